The summed E-state index contributed by atoms with van der Waals surface area (Å²) in [5.41, 5.74) is 3.79. The number of halogens is 1. The van der Waals surface area contributed by atoms with E-state index >= 15 is 0 Å². The summed E-state index contributed by atoms with van der Waals surface area (Å²) in [6.07, 6.45) is 1.80. The van der Waals surface area contributed by atoms with Crippen LogP contribution in [0, 0.1) is 25.2 Å². The number of nitrogens with zero attached hydrogens (tertiary/aromatic N) is 1. The summed E-state index contributed by atoms with van der Waals surface area (Å²) in [5.74, 6) is 0.295. The first kappa shape index (κ1) is 14.2. The van der Waals surface area contributed by atoms with Crippen LogP contribution in [-0.2, 0) is 0 Å². The number of hydrogen-bond acceptors (Lipinski definition) is 2. The molecule has 0 heterocycles. The van der Waals surface area contributed by atoms with Crippen LogP contribution in [0.1, 0.15) is 22.3 Å². The summed E-state index contributed by atoms with van der Waals surface area (Å²) in [6.45, 7) is 3.68. The molecule has 0 aliphatic rings. The summed E-state index contributed by atoms with van der Waals surface area (Å²) in [4.78, 5) is 0. The highest BCUT2D eigenvalue weighted by Gasteiger charge is 2.05. The maximum Gasteiger partial charge on any atom is 0.121 e. The summed E-state index contributed by atoms with van der Waals surface area (Å²) >= 11 is 5.95. The molecule has 0 spiro atoms. The molecule has 2 aromatic rings. The Labute approximate surface area is 123 Å². The molecule has 2 aromatic carbocycles. The van der Waals surface area contributed by atoms with E-state index in [0.717, 1.165) is 22.3 Å². The highest BCUT2D eigenvalue weighted by molar-refractivity contribution is 6.30. The second-order valence-electron chi connectivity index (χ2n) is 4.68. The molecule has 1 N–H and O–H groups in total. The van der Waals surface area contributed by atoms with Crippen LogP contribution < -0.4 is 0 Å². The fourth-order valence-corrected chi connectivity index (χ4v) is 2.27. The van der Waals surface area contributed by atoms with Crippen LogP contribution in [0.3, 0.4) is 0 Å². The smallest absolute Gasteiger partial charge is 0.121 e. The Kier molecular flexibility index (Phi) is 4.12. The van der Waals surface area contributed by atoms with Crippen molar-refractivity contribution in [1.29, 1.82) is 5.26 Å². The van der Waals surface area contributed by atoms with E-state index in [1.165, 1.54) is 0 Å². The predicted octanol–water partition coefficient (Wildman–Crippen LogP) is 4.73. The molecule has 20 heavy (non-hydrogen) atoms. The van der Waals surface area contributed by atoms with Crippen LogP contribution in [0.5, 0.6) is 5.75 Å². The average Bonchev–Trinajstić information content (AvgIpc) is 2.42. The number of aryl methyl sites for hydroxylation is 2. The van der Waals surface area contributed by atoms with E-state index in [9.17, 15) is 10.4 Å². The van der Waals surface area contributed by atoms with E-state index < -0.39 is 0 Å². The number of aromatic hydroxyl groups is 1. The van der Waals surface area contributed by atoms with Crippen LogP contribution in [0.2, 0.25) is 5.02 Å². The minimum Gasteiger partial charge on any atom is -0.507 e. The van der Waals surface area contributed by atoms with Crippen molar-refractivity contribution in [2.24, 2.45) is 0 Å². The third kappa shape index (κ3) is 3.01. The summed E-state index contributed by atoms with van der Waals surface area (Å²) in [7, 11) is 0. The van der Waals surface area contributed by atoms with Gasteiger partial charge in [0.2, 0.25) is 0 Å². The van der Waals surface area contributed by atoms with Gasteiger partial charge in [0.25, 0.3) is 0 Å². The fourth-order valence-electron chi connectivity index (χ4n) is 2.08. The lowest BCUT2D eigenvalue weighted by Crippen LogP contribution is -1.86. The highest BCUT2D eigenvalue weighted by atomic mass is 35.5. The first-order chi connectivity index (χ1) is 9.51. The SMILES string of the molecule is Cc1cc(/C=C(/C#N)c2cccc(Cl)c2)cc(C)c1O. The van der Waals surface area contributed by atoms with Gasteiger partial charge in [-0.2, -0.15) is 5.26 Å². The normalized spacial score (nSPS) is 11.2. The lowest BCUT2D eigenvalue weighted by atomic mass is 10.0. The lowest BCUT2D eigenvalue weighted by Gasteiger charge is -2.06. The largest absolute Gasteiger partial charge is 0.507 e. The minimum atomic E-state index is 0.295. The molecular formula is C17H14ClNO. The van der Waals surface area contributed by atoms with Crippen LogP contribution in [0.15, 0.2) is 36.4 Å². The first-order valence-electron chi connectivity index (χ1n) is 6.19. The number of hydrogen-bond donors (Lipinski definition) is 1. The summed E-state index contributed by atoms with van der Waals surface area (Å²) < 4.78 is 0. The van der Waals surface area contributed by atoms with Gasteiger partial charge < -0.3 is 5.11 Å². The molecule has 0 aromatic heterocycles. The van der Waals surface area contributed by atoms with E-state index in [-0.39, 0.29) is 0 Å². The molecule has 0 saturated heterocycles. The average molecular weight is 284 g/mol. The van der Waals surface area contributed by atoms with E-state index in [1.54, 1.807) is 18.2 Å². The van der Waals surface area contributed by atoms with Crippen molar-refractivity contribution in [2.75, 3.05) is 0 Å². The number of phenols is 1. The van der Waals surface area contributed by atoms with Gasteiger partial charge in [-0.25, -0.2) is 0 Å². The monoisotopic (exact) mass is 283 g/mol. The lowest BCUT2D eigenvalue weighted by molar-refractivity contribution is 0.467. The van der Waals surface area contributed by atoms with E-state index in [0.29, 0.717) is 16.3 Å². The Morgan fingerprint density at radius 3 is 2.40 bits per heavy atom. The minimum absolute atomic E-state index is 0.295. The molecule has 0 atom stereocenters. The number of allylic oxidation sites excluding steroid dienone is 1. The molecule has 0 saturated carbocycles. The topological polar surface area (TPSA) is 44.0 Å². The van der Waals surface area contributed by atoms with Crippen LogP contribution in [-0.4, -0.2) is 5.11 Å². The van der Waals surface area contributed by atoms with Crippen molar-refractivity contribution >= 4 is 23.3 Å². The zero-order chi connectivity index (χ0) is 14.7. The van der Waals surface area contributed by atoms with Gasteiger partial charge in [-0.05, 0) is 66.4 Å². The molecule has 0 bridgehead atoms. The van der Waals surface area contributed by atoms with Gasteiger partial charge in [-0.1, -0.05) is 23.7 Å². The molecule has 0 amide bonds. The Hall–Kier alpha value is -2.24. The van der Waals surface area contributed by atoms with Crippen molar-refractivity contribution in [1.82, 2.24) is 0 Å². The summed E-state index contributed by atoms with van der Waals surface area (Å²) in [5, 5.41) is 19.7. The second-order valence-corrected chi connectivity index (χ2v) is 5.12. The Morgan fingerprint density at radius 2 is 1.85 bits per heavy atom. The molecule has 100 valence electrons. The summed E-state index contributed by atoms with van der Waals surface area (Å²) in [6, 6.07) is 13.1. The van der Waals surface area contributed by atoms with Crippen molar-refractivity contribution in [2.45, 2.75) is 13.8 Å². The van der Waals surface area contributed by atoms with Crippen LogP contribution in [0.4, 0.5) is 0 Å². The van der Waals surface area contributed by atoms with Crippen molar-refractivity contribution < 1.29 is 5.11 Å². The molecule has 0 aliphatic carbocycles. The third-order valence-corrected chi connectivity index (χ3v) is 3.32. The first-order valence-corrected chi connectivity index (χ1v) is 6.57. The number of phenolic OH excluding ortho intramolecular Hbond substituents is 1. The molecular weight excluding hydrogens is 270 g/mol. The molecule has 0 aliphatic heterocycles. The zero-order valence-electron chi connectivity index (χ0n) is 11.3. The van der Waals surface area contributed by atoms with Gasteiger partial charge in [-0.15, -0.1) is 0 Å². The van der Waals surface area contributed by atoms with E-state index in [4.69, 9.17) is 11.6 Å². The number of nitriles is 1. The standard InChI is InChI=1S/C17H14ClNO/c1-11-6-13(7-12(2)17(11)20)8-15(10-19)14-4-3-5-16(18)9-14/h3-9,20H,1-2H3/b15-8-. The van der Waals surface area contributed by atoms with Gasteiger partial charge in [0.05, 0.1) is 11.6 Å². The van der Waals surface area contributed by atoms with Gasteiger partial charge in [-0.3, -0.25) is 0 Å². The van der Waals surface area contributed by atoms with E-state index in [1.807, 2.05) is 38.1 Å². The fraction of sp³-hybridized carbons (Fsp3) is 0.118. The van der Waals surface area contributed by atoms with Gasteiger partial charge in [0, 0.05) is 5.02 Å². The highest BCUT2D eigenvalue weighted by Crippen LogP contribution is 2.26. The van der Waals surface area contributed by atoms with Gasteiger partial charge >= 0.3 is 0 Å². The second kappa shape index (κ2) is 5.81. The van der Waals surface area contributed by atoms with Crippen molar-refractivity contribution in [3.63, 3.8) is 0 Å². The van der Waals surface area contributed by atoms with Crippen molar-refractivity contribution in [3.8, 4) is 11.8 Å². The molecule has 0 unspecified atom stereocenters. The molecule has 0 radical (unpaired) electrons. The molecule has 0 fully saturated rings. The van der Waals surface area contributed by atoms with Gasteiger partial charge in [0.1, 0.15) is 5.75 Å². The van der Waals surface area contributed by atoms with Crippen molar-refractivity contribution in [3.05, 3.63) is 63.7 Å². The quantitative estimate of drug-likeness (QED) is 0.640. The molecule has 2 rings (SSSR count). The zero-order valence-corrected chi connectivity index (χ0v) is 12.1. The Bertz CT molecular complexity index is 703. The van der Waals surface area contributed by atoms with E-state index in [2.05, 4.69) is 6.07 Å². The third-order valence-electron chi connectivity index (χ3n) is 3.08. The Balaban J connectivity index is 2.50. The maximum atomic E-state index is 9.77. The number of rotatable bonds is 2. The van der Waals surface area contributed by atoms with Crippen LogP contribution in [0.25, 0.3) is 11.6 Å². The predicted molar refractivity (Wildman–Crippen MR) is 82.5 cm³/mol. The molecule has 3 heteroatoms. The Morgan fingerprint density at radius 1 is 1.20 bits per heavy atom. The number of benzene rings is 2. The van der Waals surface area contributed by atoms with Crippen LogP contribution >= 0.6 is 11.6 Å². The molecule has 2 nitrogen and oxygen atoms in total. The van der Waals surface area contributed by atoms with Gasteiger partial charge in [0.15, 0.2) is 0 Å². The maximum absolute atomic E-state index is 9.77.